The van der Waals surface area contributed by atoms with Gasteiger partial charge in [0, 0.05) is 16.5 Å². The molecule has 0 fully saturated rings. The molecule has 1 aliphatic heterocycles. The summed E-state index contributed by atoms with van der Waals surface area (Å²) < 4.78 is 55.2. The number of hydrogen-bond acceptors (Lipinski definition) is 7. The predicted molar refractivity (Wildman–Crippen MR) is 125 cm³/mol. The second-order valence-electron chi connectivity index (χ2n) is 8.72. The molecule has 0 saturated carbocycles. The number of benzene rings is 2. The Morgan fingerprint density at radius 1 is 1.29 bits per heavy atom. The lowest BCUT2D eigenvalue weighted by Crippen LogP contribution is -2.37. The fourth-order valence-electron chi connectivity index (χ4n) is 4.53. The monoisotopic (exact) mass is 525 g/mol. The Labute approximate surface area is 206 Å². The van der Waals surface area contributed by atoms with Crippen LogP contribution in [-0.2, 0) is 27.0 Å². The van der Waals surface area contributed by atoms with Crippen LogP contribution >= 0.6 is 11.6 Å². The molecule has 0 bridgehead atoms. The van der Waals surface area contributed by atoms with E-state index in [1.807, 2.05) is 6.92 Å². The van der Waals surface area contributed by atoms with Crippen molar-refractivity contribution < 1.29 is 27.1 Å². The van der Waals surface area contributed by atoms with Gasteiger partial charge in [0.05, 0.1) is 11.5 Å². The van der Waals surface area contributed by atoms with Crippen molar-refractivity contribution in [3.8, 4) is 0 Å². The maximum absolute atomic E-state index is 14.9. The third-order valence-corrected chi connectivity index (χ3v) is 8.24. The van der Waals surface area contributed by atoms with E-state index in [1.165, 1.54) is 25.1 Å². The third kappa shape index (κ3) is 4.66. The maximum atomic E-state index is 14.9. The smallest absolute Gasteiger partial charge is 0.391 e. The highest BCUT2D eigenvalue weighted by Crippen LogP contribution is 2.40. The van der Waals surface area contributed by atoms with Crippen molar-refractivity contribution in [3.63, 3.8) is 0 Å². The van der Waals surface area contributed by atoms with E-state index >= 15 is 0 Å². The minimum Gasteiger partial charge on any atom is -0.391 e. The Kier molecular flexibility index (Phi) is 6.66. The van der Waals surface area contributed by atoms with Crippen LogP contribution in [0.5, 0.6) is 0 Å². The van der Waals surface area contributed by atoms with Gasteiger partial charge in [-0.3, -0.25) is 0 Å². The Morgan fingerprint density at radius 3 is 2.66 bits per heavy atom. The van der Waals surface area contributed by atoms with Crippen molar-refractivity contribution in [2.75, 3.05) is 6.61 Å². The minimum absolute atomic E-state index is 0.0740. The first-order valence-electron chi connectivity index (χ1n) is 10.8. The van der Waals surface area contributed by atoms with Crippen LogP contribution in [0.15, 0.2) is 38.4 Å². The number of halogens is 2. The SMILES string of the molecule is Cc1ccc(F)c([C@@H](C)[C@H](NS(=O)(=O)c2ccc(Cl)c3c2CCOC3(C)O)c2n[nH]c(=O)o2)c1C. The second kappa shape index (κ2) is 9.14. The van der Waals surface area contributed by atoms with Crippen molar-refractivity contribution in [3.05, 3.63) is 79.4 Å². The Balaban J connectivity index is 1.84. The van der Waals surface area contributed by atoms with Gasteiger partial charge in [-0.15, -0.1) is 5.10 Å². The lowest BCUT2D eigenvalue weighted by molar-refractivity contribution is -0.205. The van der Waals surface area contributed by atoms with Crippen molar-refractivity contribution in [1.29, 1.82) is 0 Å². The van der Waals surface area contributed by atoms with Crippen LogP contribution in [-0.4, -0.2) is 30.3 Å². The normalized spacial score (nSPS) is 19.9. The lowest BCUT2D eigenvalue weighted by atomic mass is 9.88. The quantitative estimate of drug-likeness (QED) is 0.449. The molecule has 3 atom stereocenters. The summed E-state index contributed by atoms with van der Waals surface area (Å²) in [5.41, 5.74) is 2.17. The summed E-state index contributed by atoms with van der Waals surface area (Å²) in [4.78, 5) is 11.6. The fraction of sp³-hybridized carbons (Fsp3) is 0.391. The molecule has 1 aromatic heterocycles. The van der Waals surface area contributed by atoms with Crippen LogP contribution in [0.2, 0.25) is 5.02 Å². The molecule has 1 unspecified atom stereocenters. The van der Waals surface area contributed by atoms with Crippen LogP contribution < -0.4 is 10.5 Å². The minimum atomic E-state index is -4.31. The summed E-state index contributed by atoms with van der Waals surface area (Å²) in [5.74, 6) is -4.25. The molecule has 0 saturated heterocycles. The van der Waals surface area contributed by atoms with Crippen LogP contribution in [0.25, 0.3) is 0 Å². The predicted octanol–water partition coefficient (Wildman–Crippen LogP) is 3.33. The number of sulfonamides is 1. The van der Waals surface area contributed by atoms with E-state index in [2.05, 4.69) is 14.9 Å². The average Bonchev–Trinajstić information content (AvgIpc) is 3.20. The van der Waals surface area contributed by atoms with E-state index < -0.39 is 39.3 Å². The Bertz CT molecular complexity index is 1450. The zero-order valence-electron chi connectivity index (χ0n) is 19.5. The highest BCUT2D eigenvalue weighted by atomic mass is 35.5. The zero-order chi connectivity index (χ0) is 25.7. The van der Waals surface area contributed by atoms with Gasteiger partial charge in [-0.05, 0) is 67.6 Å². The van der Waals surface area contributed by atoms with Gasteiger partial charge in [-0.1, -0.05) is 24.6 Å². The van der Waals surface area contributed by atoms with Crippen molar-refractivity contribution in [1.82, 2.24) is 14.9 Å². The van der Waals surface area contributed by atoms with Crippen LogP contribution in [0.4, 0.5) is 4.39 Å². The maximum Gasteiger partial charge on any atom is 0.434 e. The summed E-state index contributed by atoms with van der Waals surface area (Å²) in [7, 11) is -4.31. The first kappa shape index (κ1) is 25.5. The zero-order valence-corrected chi connectivity index (χ0v) is 21.1. The summed E-state index contributed by atoms with van der Waals surface area (Å²) in [5, 5.41) is 16.7. The molecule has 9 nitrogen and oxygen atoms in total. The van der Waals surface area contributed by atoms with Gasteiger partial charge in [-0.25, -0.2) is 22.7 Å². The molecule has 1 aliphatic rings. The molecule has 3 N–H and O–H groups in total. The molecule has 0 aliphatic carbocycles. The molecule has 0 amide bonds. The summed E-state index contributed by atoms with van der Waals surface area (Å²) in [6, 6.07) is 4.38. The lowest BCUT2D eigenvalue weighted by Gasteiger charge is -2.33. The van der Waals surface area contributed by atoms with Gasteiger partial charge < -0.3 is 14.3 Å². The Morgan fingerprint density at radius 2 is 2.00 bits per heavy atom. The molecule has 12 heteroatoms. The molecule has 0 radical (unpaired) electrons. The number of hydrogen-bond donors (Lipinski definition) is 3. The molecule has 188 valence electrons. The van der Waals surface area contributed by atoms with Crippen molar-refractivity contribution in [2.24, 2.45) is 0 Å². The van der Waals surface area contributed by atoms with Gasteiger partial charge in [0.2, 0.25) is 15.9 Å². The molecular weight excluding hydrogens is 501 g/mol. The molecule has 35 heavy (non-hydrogen) atoms. The number of rotatable bonds is 6. The number of aliphatic hydroxyl groups is 1. The first-order chi connectivity index (χ1) is 16.3. The van der Waals surface area contributed by atoms with Gasteiger partial charge in [0.1, 0.15) is 11.9 Å². The number of aryl methyl sites for hydroxylation is 1. The topological polar surface area (TPSA) is 135 Å². The van der Waals surface area contributed by atoms with E-state index in [0.717, 1.165) is 5.56 Å². The van der Waals surface area contributed by atoms with E-state index in [4.69, 9.17) is 20.8 Å². The van der Waals surface area contributed by atoms with Gasteiger partial charge in [-0.2, -0.15) is 4.72 Å². The number of aromatic nitrogens is 2. The largest absolute Gasteiger partial charge is 0.434 e. The highest BCUT2D eigenvalue weighted by molar-refractivity contribution is 7.89. The standard InChI is InChI=1S/C23H25ClFN3O6S/c1-11-5-7-16(25)18(12(11)2)13(3)20(21-26-27-22(29)34-21)28-35(31,32)17-8-6-15(24)19-14(17)9-10-33-23(19,4)30/h5-8,13,20,28,30H,9-10H2,1-4H3,(H,27,29)/t13-,20+,23?/m1/s1. The van der Waals surface area contributed by atoms with E-state index in [-0.39, 0.29) is 40.0 Å². The molecule has 3 aromatic rings. The third-order valence-electron chi connectivity index (χ3n) is 6.40. The van der Waals surface area contributed by atoms with E-state index in [1.54, 1.807) is 19.9 Å². The van der Waals surface area contributed by atoms with E-state index in [0.29, 0.717) is 11.1 Å². The van der Waals surface area contributed by atoms with Crippen molar-refractivity contribution >= 4 is 21.6 Å². The van der Waals surface area contributed by atoms with Gasteiger partial charge in [0.15, 0.2) is 5.79 Å². The molecule has 0 spiro atoms. The number of aromatic amines is 1. The second-order valence-corrected chi connectivity index (χ2v) is 10.8. The van der Waals surface area contributed by atoms with E-state index in [9.17, 15) is 22.7 Å². The number of fused-ring (bicyclic) bond motifs is 1. The fourth-order valence-corrected chi connectivity index (χ4v) is 6.42. The summed E-state index contributed by atoms with van der Waals surface area (Å²) in [6.07, 6.45) is 0.186. The highest BCUT2D eigenvalue weighted by Gasteiger charge is 2.39. The molecule has 4 rings (SSSR count). The Hall–Kier alpha value is -2.57. The van der Waals surface area contributed by atoms with Gasteiger partial charge in [0.25, 0.3) is 0 Å². The van der Waals surface area contributed by atoms with Crippen LogP contribution in [0.1, 0.15) is 59.5 Å². The number of nitrogens with one attached hydrogen (secondary N) is 2. The van der Waals surface area contributed by atoms with Gasteiger partial charge >= 0.3 is 5.76 Å². The molecule has 2 heterocycles. The van der Waals surface area contributed by atoms with Crippen LogP contribution in [0.3, 0.4) is 0 Å². The van der Waals surface area contributed by atoms with Crippen LogP contribution in [0, 0.1) is 19.7 Å². The number of ether oxygens (including phenoxy) is 1. The summed E-state index contributed by atoms with van der Waals surface area (Å²) >= 11 is 6.27. The van der Waals surface area contributed by atoms with Crippen molar-refractivity contribution in [2.45, 2.75) is 56.8 Å². The number of H-pyrrole nitrogens is 1. The molecule has 2 aromatic carbocycles. The number of nitrogens with zero attached hydrogens (tertiary/aromatic N) is 1. The summed E-state index contributed by atoms with van der Waals surface area (Å²) in [6.45, 7) is 6.61. The average molecular weight is 526 g/mol. The first-order valence-corrected chi connectivity index (χ1v) is 12.7. The molecular formula is C23H25ClFN3O6S.